The van der Waals surface area contributed by atoms with Crippen LogP contribution in [0.1, 0.15) is 29.9 Å². The number of nitrogens with one attached hydrogen (secondary N) is 2. The van der Waals surface area contributed by atoms with Crippen molar-refractivity contribution in [3.63, 3.8) is 0 Å². The van der Waals surface area contributed by atoms with Gasteiger partial charge in [-0.05, 0) is 31.5 Å². The van der Waals surface area contributed by atoms with E-state index in [1.807, 2.05) is 6.92 Å². The lowest BCUT2D eigenvalue weighted by Gasteiger charge is -2.13. The van der Waals surface area contributed by atoms with Crippen molar-refractivity contribution in [2.45, 2.75) is 26.4 Å². The summed E-state index contributed by atoms with van der Waals surface area (Å²) in [5, 5.41) is 3.36. The minimum atomic E-state index is -0.205. The fourth-order valence-corrected chi connectivity index (χ4v) is 1.68. The highest BCUT2D eigenvalue weighted by Gasteiger charge is 2.06. The number of aromatic amines is 1. The largest absolute Gasteiger partial charge is 0.348 e. The van der Waals surface area contributed by atoms with Crippen molar-refractivity contribution in [2.75, 3.05) is 0 Å². The van der Waals surface area contributed by atoms with E-state index in [9.17, 15) is 4.39 Å². The Balaban J connectivity index is 1.95. The fourth-order valence-electron chi connectivity index (χ4n) is 1.68. The summed E-state index contributed by atoms with van der Waals surface area (Å²) in [6.45, 7) is 4.75. The van der Waals surface area contributed by atoms with Crippen molar-refractivity contribution >= 4 is 0 Å². The summed E-state index contributed by atoms with van der Waals surface area (Å²) >= 11 is 0. The zero-order chi connectivity index (χ0) is 12.3. The maximum Gasteiger partial charge on any atom is 0.123 e. The average Bonchev–Trinajstić information content (AvgIpc) is 2.73. The second-order valence-corrected chi connectivity index (χ2v) is 4.13. The lowest BCUT2D eigenvalue weighted by Crippen LogP contribution is -2.18. The first-order chi connectivity index (χ1) is 8.16. The van der Waals surface area contributed by atoms with Gasteiger partial charge in [-0.1, -0.05) is 12.1 Å². The van der Waals surface area contributed by atoms with Gasteiger partial charge in [-0.15, -0.1) is 0 Å². The van der Waals surface area contributed by atoms with Gasteiger partial charge < -0.3 is 10.3 Å². The number of hydrogen-bond donors (Lipinski definition) is 2. The van der Waals surface area contributed by atoms with Gasteiger partial charge in [0.05, 0.1) is 12.0 Å². The Morgan fingerprint density at radius 1 is 1.35 bits per heavy atom. The quantitative estimate of drug-likeness (QED) is 0.852. The van der Waals surface area contributed by atoms with Gasteiger partial charge in [-0.3, -0.25) is 0 Å². The second-order valence-electron chi connectivity index (χ2n) is 4.13. The Morgan fingerprint density at radius 2 is 2.06 bits per heavy atom. The van der Waals surface area contributed by atoms with Crippen LogP contribution in [0.5, 0.6) is 0 Å². The summed E-state index contributed by atoms with van der Waals surface area (Å²) in [6, 6.07) is 6.72. The number of halogens is 1. The molecular weight excluding hydrogens is 217 g/mol. The lowest BCUT2D eigenvalue weighted by atomic mass is 10.1. The topological polar surface area (TPSA) is 40.7 Å². The van der Waals surface area contributed by atoms with Gasteiger partial charge in [0.2, 0.25) is 0 Å². The van der Waals surface area contributed by atoms with Crippen molar-refractivity contribution in [2.24, 2.45) is 0 Å². The van der Waals surface area contributed by atoms with Gasteiger partial charge in [0.25, 0.3) is 0 Å². The molecule has 0 unspecified atom stereocenters. The average molecular weight is 233 g/mol. The van der Waals surface area contributed by atoms with E-state index in [0.29, 0.717) is 6.54 Å². The number of aryl methyl sites for hydroxylation is 1. The van der Waals surface area contributed by atoms with E-state index in [-0.39, 0.29) is 11.9 Å². The molecule has 0 bridgehead atoms. The minimum absolute atomic E-state index is 0.173. The molecule has 2 N–H and O–H groups in total. The van der Waals surface area contributed by atoms with Crippen molar-refractivity contribution in [1.29, 1.82) is 0 Å². The van der Waals surface area contributed by atoms with Crippen LogP contribution >= 0.6 is 0 Å². The van der Waals surface area contributed by atoms with Crippen molar-refractivity contribution < 1.29 is 4.39 Å². The number of hydrogen-bond acceptors (Lipinski definition) is 2. The van der Waals surface area contributed by atoms with Crippen LogP contribution in [0.3, 0.4) is 0 Å². The van der Waals surface area contributed by atoms with Crippen LogP contribution in [0.2, 0.25) is 0 Å². The van der Waals surface area contributed by atoms with Gasteiger partial charge in [0, 0.05) is 18.3 Å². The summed E-state index contributed by atoms with van der Waals surface area (Å²) in [5.74, 6) is -0.205. The third-order valence-corrected chi connectivity index (χ3v) is 2.88. The molecule has 0 aliphatic heterocycles. The number of benzene rings is 1. The third-order valence-electron chi connectivity index (χ3n) is 2.88. The maximum absolute atomic E-state index is 12.8. The van der Waals surface area contributed by atoms with Crippen LogP contribution in [0.15, 0.2) is 30.6 Å². The summed E-state index contributed by atoms with van der Waals surface area (Å²) in [6.07, 6.45) is 1.69. The van der Waals surface area contributed by atoms with Crippen LogP contribution in [0.25, 0.3) is 0 Å². The molecular formula is C13H16FN3. The highest BCUT2D eigenvalue weighted by Crippen LogP contribution is 2.13. The predicted octanol–water partition coefficient (Wildman–Crippen LogP) is 2.71. The highest BCUT2D eigenvalue weighted by atomic mass is 19.1. The highest BCUT2D eigenvalue weighted by molar-refractivity contribution is 5.19. The van der Waals surface area contributed by atoms with E-state index in [1.165, 1.54) is 12.1 Å². The van der Waals surface area contributed by atoms with E-state index >= 15 is 0 Å². The van der Waals surface area contributed by atoms with E-state index in [1.54, 1.807) is 18.5 Å². The first-order valence-corrected chi connectivity index (χ1v) is 5.64. The van der Waals surface area contributed by atoms with E-state index in [0.717, 1.165) is 17.0 Å². The molecule has 1 aromatic carbocycles. The van der Waals surface area contributed by atoms with Gasteiger partial charge >= 0.3 is 0 Å². The molecule has 1 heterocycles. The molecule has 4 heteroatoms. The van der Waals surface area contributed by atoms with Gasteiger partial charge in [-0.2, -0.15) is 0 Å². The van der Waals surface area contributed by atoms with Crippen LogP contribution < -0.4 is 5.32 Å². The predicted molar refractivity (Wildman–Crippen MR) is 65.0 cm³/mol. The van der Waals surface area contributed by atoms with Crippen LogP contribution in [0.4, 0.5) is 4.39 Å². The van der Waals surface area contributed by atoms with Crippen LogP contribution in [-0.4, -0.2) is 9.97 Å². The van der Waals surface area contributed by atoms with Crippen molar-refractivity contribution in [3.8, 4) is 0 Å². The number of imidazole rings is 1. The SMILES string of the molecule is Cc1[nH]cnc1CN[C@@H](C)c1ccc(F)cc1. The molecule has 1 aromatic heterocycles. The molecule has 0 amide bonds. The Hall–Kier alpha value is -1.68. The molecule has 0 saturated heterocycles. The Labute approximate surface area is 100 Å². The Kier molecular flexibility index (Phi) is 3.54. The molecule has 0 radical (unpaired) electrons. The molecule has 0 fully saturated rings. The van der Waals surface area contributed by atoms with E-state index in [4.69, 9.17) is 0 Å². The van der Waals surface area contributed by atoms with Gasteiger partial charge in [-0.25, -0.2) is 9.37 Å². The van der Waals surface area contributed by atoms with Crippen molar-refractivity contribution in [1.82, 2.24) is 15.3 Å². The maximum atomic E-state index is 12.8. The van der Waals surface area contributed by atoms with Crippen LogP contribution in [0, 0.1) is 12.7 Å². The second kappa shape index (κ2) is 5.10. The number of rotatable bonds is 4. The van der Waals surface area contributed by atoms with Crippen LogP contribution in [-0.2, 0) is 6.54 Å². The molecule has 1 atom stereocenters. The first-order valence-electron chi connectivity index (χ1n) is 5.64. The third kappa shape index (κ3) is 2.91. The van der Waals surface area contributed by atoms with Gasteiger partial charge in [0.15, 0.2) is 0 Å². The molecule has 90 valence electrons. The molecule has 0 aliphatic rings. The molecule has 0 spiro atoms. The van der Waals surface area contributed by atoms with E-state index in [2.05, 4.69) is 22.2 Å². The summed E-state index contributed by atoms with van der Waals surface area (Å²) in [5.41, 5.74) is 3.15. The number of aromatic nitrogens is 2. The zero-order valence-electron chi connectivity index (χ0n) is 10.00. The zero-order valence-corrected chi connectivity index (χ0v) is 10.00. The summed E-state index contributed by atoms with van der Waals surface area (Å²) in [4.78, 5) is 7.26. The summed E-state index contributed by atoms with van der Waals surface area (Å²) in [7, 11) is 0. The molecule has 0 saturated carbocycles. The lowest BCUT2D eigenvalue weighted by molar-refractivity contribution is 0.564. The molecule has 2 aromatic rings. The Bertz CT molecular complexity index is 476. The molecule has 17 heavy (non-hydrogen) atoms. The van der Waals surface area contributed by atoms with E-state index < -0.39 is 0 Å². The molecule has 0 aliphatic carbocycles. The molecule has 2 rings (SSSR count). The monoisotopic (exact) mass is 233 g/mol. The molecule has 3 nitrogen and oxygen atoms in total. The Morgan fingerprint density at radius 3 is 2.65 bits per heavy atom. The number of nitrogens with zero attached hydrogens (tertiary/aromatic N) is 1. The normalized spacial score (nSPS) is 12.6. The minimum Gasteiger partial charge on any atom is -0.348 e. The fraction of sp³-hybridized carbons (Fsp3) is 0.308. The smallest absolute Gasteiger partial charge is 0.123 e. The van der Waals surface area contributed by atoms with Gasteiger partial charge in [0.1, 0.15) is 5.82 Å². The van der Waals surface area contributed by atoms with Crippen molar-refractivity contribution in [3.05, 3.63) is 53.4 Å². The standard InChI is InChI=1S/C13H16FN3/c1-9(11-3-5-12(14)6-4-11)15-7-13-10(2)16-8-17-13/h3-6,8-9,15H,7H2,1-2H3,(H,16,17)/t9-/m0/s1. The number of H-pyrrole nitrogens is 1. The first kappa shape index (κ1) is 11.8. The summed E-state index contributed by atoms with van der Waals surface area (Å²) < 4.78 is 12.8.